The fraction of sp³-hybridized carbons (Fsp3) is 0.409. The Morgan fingerprint density at radius 2 is 1.79 bits per heavy atom. The van der Waals surface area contributed by atoms with Gasteiger partial charge in [0, 0.05) is 16.0 Å². The average molecular weight is 528 g/mol. The van der Waals surface area contributed by atoms with Gasteiger partial charge in [-0.15, -0.1) is 0 Å². The van der Waals surface area contributed by atoms with Gasteiger partial charge in [-0.1, -0.05) is 46.1 Å². The molecule has 0 N–H and O–H groups in total. The molecule has 0 spiro atoms. The molecule has 2 aromatic rings. The Morgan fingerprint density at radius 3 is 2.50 bits per heavy atom. The van der Waals surface area contributed by atoms with Crippen LogP contribution in [0.15, 0.2) is 45.3 Å². The zero-order chi connectivity index (χ0) is 19.7. The normalized spacial score (nSPS) is 22.6. The minimum Gasteiger partial charge on any atom is -0.491 e. The summed E-state index contributed by atoms with van der Waals surface area (Å²) in [6.45, 7) is 3.20. The molecule has 1 fully saturated rings. The highest BCUT2D eigenvalue weighted by molar-refractivity contribution is 9.11. The van der Waals surface area contributed by atoms with Crippen molar-refractivity contribution in [1.82, 2.24) is 4.90 Å². The SMILES string of the molecule is O=C1c2cc(Br)cc(Br)c2OC[C@@]1(Cc1ccc(Cl)cc1)CN1CCCCC1. The van der Waals surface area contributed by atoms with Gasteiger partial charge in [0.05, 0.1) is 15.5 Å². The highest BCUT2D eigenvalue weighted by Crippen LogP contribution is 2.43. The van der Waals surface area contributed by atoms with Gasteiger partial charge in [-0.3, -0.25) is 4.79 Å². The maximum atomic E-state index is 13.8. The maximum Gasteiger partial charge on any atom is 0.177 e. The predicted molar refractivity (Wildman–Crippen MR) is 120 cm³/mol. The third kappa shape index (κ3) is 4.18. The molecule has 0 unspecified atom stereocenters. The van der Waals surface area contributed by atoms with E-state index in [9.17, 15) is 4.79 Å². The molecule has 1 atom stereocenters. The number of Topliss-reactive ketones (excluding diaryl/α,β-unsaturated/α-hetero) is 1. The van der Waals surface area contributed by atoms with E-state index in [1.54, 1.807) is 0 Å². The summed E-state index contributed by atoms with van der Waals surface area (Å²) in [5, 5.41) is 0.707. The van der Waals surface area contributed by atoms with Crippen LogP contribution in [-0.2, 0) is 6.42 Å². The third-order valence-electron chi connectivity index (χ3n) is 5.66. The van der Waals surface area contributed by atoms with Crippen molar-refractivity contribution < 1.29 is 9.53 Å². The van der Waals surface area contributed by atoms with Crippen molar-refractivity contribution in [3.8, 4) is 5.75 Å². The molecule has 1 saturated heterocycles. The molecule has 28 heavy (non-hydrogen) atoms. The topological polar surface area (TPSA) is 29.5 Å². The standard InChI is InChI=1S/C22H22Br2ClNO2/c23-16-10-18-20(19(24)11-16)28-14-22(21(18)27,13-26-8-2-1-3-9-26)12-15-4-6-17(25)7-5-15/h4-7,10-11H,1-3,8-9,12-14H2/t22-/m1/s1. The van der Waals surface area contributed by atoms with E-state index in [4.69, 9.17) is 16.3 Å². The molecule has 0 aromatic heterocycles. The first-order valence-electron chi connectivity index (χ1n) is 9.60. The van der Waals surface area contributed by atoms with Gasteiger partial charge in [0.25, 0.3) is 0 Å². The summed E-state index contributed by atoms with van der Waals surface area (Å²) in [7, 11) is 0. The van der Waals surface area contributed by atoms with Crippen LogP contribution in [0.3, 0.4) is 0 Å². The number of hydrogen-bond donors (Lipinski definition) is 0. The summed E-state index contributed by atoms with van der Waals surface area (Å²) < 4.78 is 7.87. The lowest BCUT2D eigenvalue weighted by molar-refractivity contribution is 0.0428. The van der Waals surface area contributed by atoms with Crippen LogP contribution in [-0.4, -0.2) is 36.9 Å². The second-order valence-corrected chi connectivity index (χ2v) is 10.0. The minimum absolute atomic E-state index is 0.163. The fourth-order valence-electron chi connectivity index (χ4n) is 4.28. The number of nitrogens with zero attached hydrogens (tertiary/aromatic N) is 1. The number of piperidine rings is 1. The first-order chi connectivity index (χ1) is 13.5. The Bertz CT molecular complexity index is 881. The Balaban J connectivity index is 1.71. The summed E-state index contributed by atoms with van der Waals surface area (Å²) >= 11 is 13.1. The van der Waals surface area contributed by atoms with Gasteiger partial charge in [0.2, 0.25) is 0 Å². The molecule has 6 heteroatoms. The highest BCUT2D eigenvalue weighted by atomic mass is 79.9. The van der Waals surface area contributed by atoms with E-state index in [-0.39, 0.29) is 5.78 Å². The van der Waals surface area contributed by atoms with Crippen molar-refractivity contribution in [3.05, 3.63) is 61.5 Å². The minimum atomic E-state index is -0.599. The number of halogens is 3. The van der Waals surface area contributed by atoms with Crippen molar-refractivity contribution in [2.75, 3.05) is 26.2 Å². The lowest BCUT2D eigenvalue weighted by atomic mass is 9.73. The van der Waals surface area contributed by atoms with Gasteiger partial charge in [-0.25, -0.2) is 0 Å². The molecule has 2 aliphatic rings. The molecule has 148 valence electrons. The molecule has 2 aliphatic heterocycles. The lowest BCUT2D eigenvalue weighted by Gasteiger charge is -2.41. The van der Waals surface area contributed by atoms with E-state index in [1.807, 2.05) is 36.4 Å². The van der Waals surface area contributed by atoms with E-state index in [0.29, 0.717) is 29.4 Å². The van der Waals surface area contributed by atoms with Crippen molar-refractivity contribution in [2.24, 2.45) is 5.41 Å². The van der Waals surface area contributed by atoms with Crippen LogP contribution in [0.2, 0.25) is 5.02 Å². The monoisotopic (exact) mass is 525 g/mol. The van der Waals surface area contributed by atoms with Crippen LogP contribution in [0.4, 0.5) is 0 Å². The van der Waals surface area contributed by atoms with E-state index in [0.717, 1.165) is 34.1 Å². The third-order valence-corrected chi connectivity index (χ3v) is 6.96. The Kier molecular flexibility index (Phi) is 6.17. The first-order valence-corrected chi connectivity index (χ1v) is 11.6. The van der Waals surface area contributed by atoms with Crippen LogP contribution >= 0.6 is 43.5 Å². The number of ketones is 1. The van der Waals surface area contributed by atoms with Crippen LogP contribution in [0.1, 0.15) is 35.2 Å². The summed E-state index contributed by atoms with van der Waals surface area (Å²) in [5.74, 6) is 0.815. The van der Waals surface area contributed by atoms with Gasteiger partial charge >= 0.3 is 0 Å². The summed E-state index contributed by atoms with van der Waals surface area (Å²) in [6, 6.07) is 11.6. The predicted octanol–water partition coefficient (Wildman–Crippen LogP) is 6.16. The largest absolute Gasteiger partial charge is 0.491 e. The lowest BCUT2D eigenvalue weighted by Crippen LogP contribution is -2.51. The van der Waals surface area contributed by atoms with Crippen LogP contribution in [0, 0.1) is 5.41 Å². The molecule has 3 nitrogen and oxygen atoms in total. The van der Waals surface area contributed by atoms with Crippen molar-refractivity contribution >= 4 is 49.2 Å². The quantitative estimate of drug-likeness (QED) is 0.477. The summed E-state index contributed by atoms with van der Waals surface area (Å²) in [4.78, 5) is 16.2. The van der Waals surface area contributed by atoms with E-state index in [1.165, 1.54) is 19.3 Å². The second kappa shape index (κ2) is 8.47. The van der Waals surface area contributed by atoms with Gasteiger partial charge in [0.15, 0.2) is 5.78 Å². The molecule has 0 radical (unpaired) electrons. The Labute approximate surface area is 187 Å². The van der Waals surface area contributed by atoms with E-state index >= 15 is 0 Å². The van der Waals surface area contributed by atoms with E-state index < -0.39 is 5.41 Å². The molecule has 0 aliphatic carbocycles. The number of fused-ring (bicyclic) bond motifs is 1. The molecule has 0 amide bonds. The van der Waals surface area contributed by atoms with Gasteiger partial charge in [0.1, 0.15) is 12.4 Å². The number of carbonyl (C=O) groups is 1. The number of benzene rings is 2. The smallest absolute Gasteiger partial charge is 0.177 e. The van der Waals surface area contributed by atoms with Gasteiger partial charge in [-0.05, 0) is 78.1 Å². The highest BCUT2D eigenvalue weighted by Gasteiger charge is 2.46. The van der Waals surface area contributed by atoms with Gasteiger partial charge in [-0.2, -0.15) is 0 Å². The Hall–Kier alpha value is -0.880. The van der Waals surface area contributed by atoms with E-state index in [2.05, 4.69) is 36.8 Å². The first kappa shape index (κ1) is 20.4. The van der Waals surface area contributed by atoms with Gasteiger partial charge < -0.3 is 9.64 Å². The number of likely N-dealkylation sites (tertiary alicyclic amines) is 1. The fourth-order valence-corrected chi connectivity index (χ4v) is 5.75. The van der Waals surface area contributed by atoms with Crippen molar-refractivity contribution in [1.29, 1.82) is 0 Å². The summed E-state index contributed by atoms with van der Waals surface area (Å²) in [6.07, 6.45) is 4.30. The van der Waals surface area contributed by atoms with Crippen molar-refractivity contribution in [2.45, 2.75) is 25.7 Å². The number of carbonyl (C=O) groups excluding carboxylic acids is 1. The van der Waals surface area contributed by atoms with Crippen LogP contribution in [0.25, 0.3) is 0 Å². The molecule has 2 aromatic carbocycles. The number of ether oxygens (including phenoxy) is 1. The second-order valence-electron chi connectivity index (χ2n) is 7.80. The zero-order valence-electron chi connectivity index (χ0n) is 15.5. The molecule has 0 saturated carbocycles. The summed E-state index contributed by atoms with van der Waals surface area (Å²) in [5.41, 5.74) is 1.16. The molecular formula is C22H22Br2ClNO2. The van der Waals surface area contributed by atoms with Crippen molar-refractivity contribution in [3.63, 3.8) is 0 Å². The number of hydrogen-bond acceptors (Lipinski definition) is 3. The average Bonchev–Trinajstić information content (AvgIpc) is 2.68. The molecular weight excluding hydrogens is 506 g/mol. The Morgan fingerprint density at radius 1 is 1.07 bits per heavy atom. The molecule has 0 bridgehead atoms. The maximum absolute atomic E-state index is 13.8. The molecule has 4 rings (SSSR count). The number of rotatable bonds is 4. The zero-order valence-corrected chi connectivity index (χ0v) is 19.4. The molecule has 2 heterocycles. The van der Waals surface area contributed by atoms with Crippen LogP contribution < -0.4 is 4.74 Å². The van der Waals surface area contributed by atoms with Crippen LogP contribution in [0.5, 0.6) is 5.75 Å².